The van der Waals surface area contributed by atoms with E-state index in [4.69, 9.17) is 10.5 Å². The van der Waals surface area contributed by atoms with Gasteiger partial charge in [0.2, 0.25) is 0 Å². The molecule has 38 heavy (non-hydrogen) atoms. The van der Waals surface area contributed by atoms with Crippen LogP contribution in [-0.4, -0.2) is 22.3 Å². The number of hydrogen-bond donors (Lipinski definition) is 2. The van der Waals surface area contributed by atoms with Crippen molar-refractivity contribution in [3.05, 3.63) is 113 Å². The van der Waals surface area contributed by atoms with Gasteiger partial charge in [0, 0.05) is 24.9 Å². The second-order valence-corrected chi connectivity index (χ2v) is 8.79. The van der Waals surface area contributed by atoms with Crippen molar-refractivity contribution in [2.24, 2.45) is 5.73 Å². The van der Waals surface area contributed by atoms with Crippen molar-refractivity contribution in [1.29, 1.82) is 0 Å². The highest BCUT2D eigenvalue weighted by Crippen LogP contribution is 2.31. The van der Waals surface area contributed by atoms with Gasteiger partial charge in [-0.3, -0.25) is 4.79 Å². The van der Waals surface area contributed by atoms with Gasteiger partial charge in [-0.1, -0.05) is 67.9 Å². The van der Waals surface area contributed by atoms with Crippen LogP contribution >= 0.6 is 0 Å². The Morgan fingerprint density at radius 1 is 1.00 bits per heavy atom. The highest BCUT2D eigenvalue weighted by Gasteiger charge is 2.36. The SMILES string of the molecule is CCCCOC(c1ccccc1)c1cccc(NC(=O)c2cc(C(F)(F)F)nn2-c2cccc(CN)c2)c1. The first-order valence-electron chi connectivity index (χ1n) is 12.3. The third-order valence-electron chi connectivity index (χ3n) is 5.96. The molecular weight excluding hydrogens is 493 g/mol. The maximum Gasteiger partial charge on any atom is 0.435 e. The molecule has 0 aliphatic rings. The lowest BCUT2D eigenvalue weighted by atomic mass is 10.0. The lowest BCUT2D eigenvalue weighted by Gasteiger charge is -2.20. The van der Waals surface area contributed by atoms with Gasteiger partial charge in [0.05, 0.1) is 5.69 Å². The minimum Gasteiger partial charge on any atom is -0.369 e. The number of benzene rings is 3. The summed E-state index contributed by atoms with van der Waals surface area (Å²) in [7, 11) is 0. The van der Waals surface area contributed by atoms with E-state index in [9.17, 15) is 18.0 Å². The summed E-state index contributed by atoms with van der Waals surface area (Å²) in [6.07, 6.45) is -3.19. The van der Waals surface area contributed by atoms with E-state index >= 15 is 0 Å². The molecule has 0 aliphatic heterocycles. The number of rotatable bonds is 10. The van der Waals surface area contributed by atoms with E-state index in [0.717, 1.165) is 34.7 Å². The second-order valence-electron chi connectivity index (χ2n) is 8.79. The fraction of sp³-hybridized carbons (Fsp3) is 0.241. The first-order chi connectivity index (χ1) is 18.3. The molecule has 3 N–H and O–H groups in total. The van der Waals surface area contributed by atoms with Crippen molar-refractivity contribution in [2.45, 2.75) is 38.6 Å². The fourth-order valence-electron chi connectivity index (χ4n) is 4.03. The van der Waals surface area contributed by atoms with Gasteiger partial charge >= 0.3 is 6.18 Å². The zero-order valence-corrected chi connectivity index (χ0v) is 20.9. The van der Waals surface area contributed by atoms with E-state index < -0.39 is 17.8 Å². The van der Waals surface area contributed by atoms with Gasteiger partial charge in [-0.2, -0.15) is 18.3 Å². The quantitative estimate of drug-likeness (QED) is 0.233. The summed E-state index contributed by atoms with van der Waals surface area (Å²) in [5.74, 6) is -0.730. The molecule has 4 rings (SSSR count). The Morgan fingerprint density at radius 2 is 1.74 bits per heavy atom. The number of nitrogens with zero attached hydrogens (tertiary/aromatic N) is 2. The lowest BCUT2D eigenvalue weighted by molar-refractivity contribution is -0.141. The molecule has 1 atom stereocenters. The van der Waals surface area contributed by atoms with Crippen LogP contribution in [0.4, 0.5) is 18.9 Å². The van der Waals surface area contributed by atoms with Gasteiger partial charge in [-0.15, -0.1) is 0 Å². The van der Waals surface area contributed by atoms with Crippen LogP contribution in [0.1, 0.15) is 58.7 Å². The third kappa shape index (κ3) is 6.48. The predicted molar refractivity (Wildman–Crippen MR) is 140 cm³/mol. The molecule has 4 aromatic rings. The van der Waals surface area contributed by atoms with Gasteiger partial charge in [0.25, 0.3) is 5.91 Å². The number of aromatic nitrogens is 2. The molecule has 9 heteroatoms. The molecule has 6 nitrogen and oxygen atoms in total. The van der Waals surface area contributed by atoms with Crippen molar-refractivity contribution in [3.63, 3.8) is 0 Å². The van der Waals surface area contributed by atoms with Gasteiger partial charge in [-0.25, -0.2) is 4.68 Å². The van der Waals surface area contributed by atoms with Crippen molar-refractivity contribution < 1.29 is 22.7 Å². The predicted octanol–water partition coefficient (Wildman–Crippen LogP) is 6.51. The molecule has 1 amide bonds. The molecule has 0 aliphatic carbocycles. The number of alkyl halides is 3. The number of carbonyl (C=O) groups is 1. The smallest absolute Gasteiger partial charge is 0.369 e. The Labute approximate surface area is 219 Å². The topological polar surface area (TPSA) is 82.2 Å². The van der Waals surface area contributed by atoms with E-state index in [0.29, 0.717) is 23.5 Å². The van der Waals surface area contributed by atoms with Crippen molar-refractivity contribution in [1.82, 2.24) is 9.78 Å². The van der Waals surface area contributed by atoms with Crippen LogP contribution in [0.15, 0.2) is 84.9 Å². The Kier molecular flexibility index (Phi) is 8.60. The first-order valence-corrected chi connectivity index (χ1v) is 12.3. The van der Waals surface area contributed by atoms with Gasteiger partial charge in [-0.05, 0) is 47.4 Å². The number of unbranched alkanes of at least 4 members (excludes halogenated alkanes) is 1. The standard InChI is InChI=1S/C29H29F3N4O2/c1-2-3-15-38-27(21-10-5-4-6-11-21)22-12-8-13-23(17-22)34-28(37)25-18-26(29(30,31)32)35-36(25)24-14-7-9-20(16-24)19-33/h4-14,16-18,27H,2-3,15,19,33H2,1H3,(H,34,37). The average Bonchev–Trinajstić information content (AvgIpc) is 3.39. The summed E-state index contributed by atoms with van der Waals surface area (Å²) in [6, 6.07) is 24.1. The molecule has 0 radical (unpaired) electrons. The summed E-state index contributed by atoms with van der Waals surface area (Å²) in [5.41, 5.74) is 7.46. The van der Waals surface area contributed by atoms with Crippen LogP contribution < -0.4 is 11.1 Å². The molecule has 0 bridgehead atoms. The molecule has 0 fully saturated rings. The number of nitrogens with one attached hydrogen (secondary N) is 1. The van der Waals surface area contributed by atoms with Crippen LogP contribution in [0.3, 0.4) is 0 Å². The number of carbonyl (C=O) groups excluding carboxylic acids is 1. The molecule has 1 aromatic heterocycles. The number of nitrogens with two attached hydrogens (primary N) is 1. The average molecular weight is 523 g/mol. The second kappa shape index (κ2) is 12.1. The Hall–Kier alpha value is -3.95. The van der Waals surface area contributed by atoms with E-state index in [1.807, 2.05) is 36.4 Å². The van der Waals surface area contributed by atoms with Gasteiger partial charge in [0.15, 0.2) is 5.69 Å². The van der Waals surface area contributed by atoms with Crippen LogP contribution in [0, 0.1) is 0 Å². The molecule has 1 heterocycles. The van der Waals surface area contributed by atoms with E-state index in [2.05, 4.69) is 17.3 Å². The maximum atomic E-state index is 13.5. The summed E-state index contributed by atoms with van der Waals surface area (Å²) >= 11 is 0. The van der Waals surface area contributed by atoms with Crippen molar-refractivity contribution in [3.8, 4) is 5.69 Å². The normalized spacial score (nSPS) is 12.3. The Morgan fingerprint density at radius 3 is 2.45 bits per heavy atom. The Balaban J connectivity index is 1.65. The van der Waals surface area contributed by atoms with E-state index in [1.54, 1.807) is 42.5 Å². The molecular formula is C29H29F3N4O2. The lowest BCUT2D eigenvalue weighted by Crippen LogP contribution is -2.17. The number of anilines is 1. The molecule has 0 saturated carbocycles. The fourth-order valence-corrected chi connectivity index (χ4v) is 4.03. The zero-order chi connectivity index (χ0) is 27.1. The minimum atomic E-state index is -4.72. The van der Waals surface area contributed by atoms with Crippen LogP contribution in [-0.2, 0) is 17.5 Å². The highest BCUT2D eigenvalue weighted by molar-refractivity contribution is 6.03. The van der Waals surface area contributed by atoms with Crippen LogP contribution in [0.25, 0.3) is 5.69 Å². The summed E-state index contributed by atoms with van der Waals surface area (Å²) < 4.78 is 47.7. The van der Waals surface area contributed by atoms with Crippen molar-refractivity contribution >= 4 is 11.6 Å². The monoisotopic (exact) mass is 522 g/mol. The first kappa shape index (κ1) is 27.1. The summed E-state index contributed by atoms with van der Waals surface area (Å²) in [4.78, 5) is 13.3. The minimum absolute atomic E-state index is 0.193. The van der Waals surface area contributed by atoms with Crippen molar-refractivity contribution in [2.75, 3.05) is 11.9 Å². The van der Waals surface area contributed by atoms with Gasteiger partial charge in [0.1, 0.15) is 11.8 Å². The highest BCUT2D eigenvalue weighted by atomic mass is 19.4. The summed E-state index contributed by atoms with van der Waals surface area (Å²) in [6.45, 7) is 2.84. The molecule has 198 valence electrons. The van der Waals surface area contributed by atoms with E-state index in [1.165, 1.54) is 0 Å². The van der Waals surface area contributed by atoms with Crippen LogP contribution in [0.2, 0.25) is 0 Å². The van der Waals surface area contributed by atoms with Crippen LogP contribution in [0.5, 0.6) is 0 Å². The van der Waals surface area contributed by atoms with E-state index in [-0.39, 0.29) is 18.3 Å². The molecule has 3 aromatic carbocycles. The maximum absolute atomic E-state index is 13.5. The largest absolute Gasteiger partial charge is 0.435 e. The number of amides is 1. The molecule has 0 spiro atoms. The number of ether oxygens (including phenoxy) is 1. The zero-order valence-electron chi connectivity index (χ0n) is 20.9. The molecule has 0 saturated heterocycles. The number of halogens is 3. The number of hydrogen-bond acceptors (Lipinski definition) is 4. The molecule has 1 unspecified atom stereocenters. The van der Waals surface area contributed by atoms with Gasteiger partial charge < -0.3 is 15.8 Å². The third-order valence-corrected chi connectivity index (χ3v) is 5.96. The summed E-state index contributed by atoms with van der Waals surface area (Å²) in [5, 5.41) is 6.42. The Bertz CT molecular complexity index is 1370.